The number of nitrogens with one attached hydrogen (secondary N) is 1. The molecule has 0 aliphatic rings. The number of hydrazone groups is 1. The Balaban J connectivity index is 1.86. The van der Waals surface area contributed by atoms with E-state index >= 15 is 0 Å². The van der Waals surface area contributed by atoms with E-state index in [9.17, 15) is 0 Å². The number of rotatable bonds is 4. The molecule has 1 heterocycles. The second-order valence-electron chi connectivity index (χ2n) is 5.43. The molecule has 0 aliphatic heterocycles. The minimum absolute atomic E-state index is 0.835. The van der Waals surface area contributed by atoms with Crippen LogP contribution in [0.2, 0.25) is 0 Å². The van der Waals surface area contributed by atoms with Crippen LogP contribution < -0.4 is 10.2 Å². The maximum Gasteiger partial charge on any atom is 0.118 e. The van der Waals surface area contributed by atoms with Crippen LogP contribution in [0, 0.1) is 13.8 Å². The fraction of sp³-hybridized carbons (Fsp3) is 0.158. The van der Waals surface area contributed by atoms with E-state index in [0.717, 1.165) is 39.2 Å². The number of aromatic nitrogens is 1. The Morgan fingerprint density at radius 3 is 2.61 bits per heavy atom. The minimum atomic E-state index is 0.835. The molecular formula is C19H19N3O. The number of nitrogens with zero attached hydrogens (tertiary/aromatic N) is 2. The summed E-state index contributed by atoms with van der Waals surface area (Å²) in [5.74, 6) is 0.835. The van der Waals surface area contributed by atoms with Crippen molar-refractivity contribution in [3.63, 3.8) is 0 Å². The summed E-state index contributed by atoms with van der Waals surface area (Å²) < 4.78 is 5.15. The lowest BCUT2D eigenvalue weighted by Crippen LogP contribution is -1.96. The minimum Gasteiger partial charge on any atom is -0.497 e. The molecule has 1 N–H and O–H groups in total. The Bertz CT molecular complexity index is 854. The van der Waals surface area contributed by atoms with Gasteiger partial charge in [-0.3, -0.25) is 10.4 Å². The third-order valence-electron chi connectivity index (χ3n) is 3.68. The van der Waals surface area contributed by atoms with E-state index in [0.29, 0.717) is 0 Å². The third kappa shape index (κ3) is 3.31. The van der Waals surface area contributed by atoms with Crippen LogP contribution in [0.5, 0.6) is 5.75 Å². The molecule has 2 aromatic carbocycles. The highest BCUT2D eigenvalue weighted by Gasteiger charge is 2.05. The normalized spacial score (nSPS) is 11.1. The van der Waals surface area contributed by atoms with Crippen LogP contribution in [0.15, 0.2) is 53.6 Å². The van der Waals surface area contributed by atoms with Gasteiger partial charge < -0.3 is 4.74 Å². The largest absolute Gasteiger partial charge is 0.497 e. The van der Waals surface area contributed by atoms with Crippen LogP contribution in [0.25, 0.3) is 10.9 Å². The van der Waals surface area contributed by atoms with Crippen LogP contribution in [0.3, 0.4) is 0 Å². The average Bonchev–Trinajstić information content (AvgIpc) is 2.56. The first kappa shape index (κ1) is 15.0. The van der Waals surface area contributed by atoms with Gasteiger partial charge in [-0.1, -0.05) is 18.2 Å². The molecule has 0 saturated carbocycles. The maximum absolute atomic E-state index is 5.15. The van der Waals surface area contributed by atoms with E-state index < -0.39 is 0 Å². The standard InChI is InChI=1S/C19H19N3O/c1-13-5-4-6-17-18(11-14(2)21-19(13)17)22-20-12-15-7-9-16(23-3)10-8-15/h4-12H,1-3H3,(H,21,22)/b20-12-. The lowest BCUT2D eigenvalue weighted by molar-refractivity contribution is 0.415. The summed E-state index contributed by atoms with van der Waals surface area (Å²) in [6.07, 6.45) is 1.79. The molecule has 3 aromatic rings. The smallest absolute Gasteiger partial charge is 0.118 e. The average molecular weight is 305 g/mol. The number of anilines is 1. The molecule has 0 aliphatic carbocycles. The van der Waals surface area contributed by atoms with E-state index in [1.54, 1.807) is 13.3 Å². The van der Waals surface area contributed by atoms with Gasteiger partial charge in [-0.2, -0.15) is 5.10 Å². The van der Waals surface area contributed by atoms with Crippen molar-refractivity contribution < 1.29 is 4.74 Å². The van der Waals surface area contributed by atoms with Crippen LogP contribution >= 0.6 is 0 Å². The molecule has 3 rings (SSSR count). The van der Waals surface area contributed by atoms with E-state index in [1.165, 1.54) is 0 Å². The van der Waals surface area contributed by atoms with Gasteiger partial charge in [-0.05, 0) is 55.3 Å². The van der Waals surface area contributed by atoms with E-state index in [2.05, 4.69) is 34.6 Å². The van der Waals surface area contributed by atoms with E-state index in [4.69, 9.17) is 4.74 Å². The molecule has 0 spiro atoms. The number of fused-ring (bicyclic) bond motifs is 1. The Hall–Kier alpha value is -2.88. The predicted octanol–water partition coefficient (Wildman–Crippen LogP) is 4.31. The van der Waals surface area contributed by atoms with Crippen molar-refractivity contribution in [3.8, 4) is 5.75 Å². The molecular weight excluding hydrogens is 286 g/mol. The predicted molar refractivity (Wildman–Crippen MR) is 95.4 cm³/mol. The van der Waals surface area contributed by atoms with Gasteiger partial charge in [-0.15, -0.1) is 0 Å². The zero-order valence-electron chi connectivity index (χ0n) is 13.5. The highest BCUT2D eigenvalue weighted by molar-refractivity contribution is 5.93. The summed E-state index contributed by atoms with van der Waals surface area (Å²) in [4.78, 5) is 4.62. The summed E-state index contributed by atoms with van der Waals surface area (Å²) in [5, 5.41) is 5.42. The molecule has 4 heteroatoms. The highest BCUT2D eigenvalue weighted by Crippen LogP contribution is 2.25. The van der Waals surface area contributed by atoms with Gasteiger partial charge in [0.05, 0.1) is 24.5 Å². The Kier molecular flexibility index (Phi) is 4.24. The third-order valence-corrected chi connectivity index (χ3v) is 3.68. The Labute approximate surface area is 135 Å². The number of hydrogen-bond donors (Lipinski definition) is 1. The zero-order valence-corrected chi connectivity index (χ0v) is 13.5. The number of para-hydroxylation sites is 1. The molecule has 0 bridgehead atoms. The molecule has 0 unspecified atom stereocenters. The molecule has 0 radical (unpaired) electrons. The number of pyridine rings is 1. The van der Waals surface area contributed by atoms with E-state index in [-0.39, 0.29) is 0 Å². The molecule has 0 amide bonds. The van der Waals surface area contributed by atoms with Crippen molar-refractivity contribution in [3.05, 3.63) is 65.4 Å². The van der Waals surface area contributed by atoms with Gasteiger partial charge >= 0.3 is 0 Å². The SMILES string of the molecule is COc1ccc(/C=N\Nc2cc(C)nc3c(C)cccc23)cc1. The first-order valence-corrected chi connectivity index (χ1v) is 7.47. The van der Waals surface area contributed by atoms with Crippen molar-refractivity contribution in [2.24, 2.45) is 5.10 Å². The quantitative estimate of drug-likeness (QED) is 0.577. The fourth-order valence-corrected chi connectivity index (χ4v) is 2.48. The Morgan fingerprint density at radius 2 is 1.87 bits per heavy atom. The van der Waals surface area contributed by atoms with Crippen LogP contribution in [0.1, 0.15) is 16.8 Å². The van der Waals surface area contributed by atoms with Crippen molar-refractivity contribution >= 4 is 22.8 Å². The molecule has 1 aromatic heterocycles. The number of benzene rings is 2. The molecule has 0 fully saturated rings. The first-order chi connectivity index (χ1) is 11.2. The van der Waals surface area contributed by atoms with Crippen molar-refractivity contribution in [2.75, 3.05) is 12.5 Å². The second-order valence-corrected chi connectivity index (χ2v) is 5.43. The van der Waals surface area contributed by atoms with E-state index in [1.807, 2.05) is 43.3 Å². The maximum atomic E-state index is 5.15. The van der Waals surface area contributed by atoms with Gasteiger partial charge in [0.25, 0.3) is 0 Å². The van der Waals surface area contributed by atoms with Crippen molar-refractivity contribution in [2.45, 2.75) is 13.8 Å². The molecule has 0 saturated heterocycles. The second kappa shape index (κ2) is 6.48. The van der Waals surface area contributed by atoms with Crippen molar-refractivity contribution in [1.82, 2.24) is 4.98 Å². The van der Waals surface area contributed by atoms with Gasteiger partial charge in [0.1, 0.15) is 5.75 Å². The number of methoxy groups -OCH3 is 1. The summed E-state index contributed by atoms with van der Waals surface area (Å²) in [6.45, 7) is 4.06. The van der Waals surface area contributed by atoms with Crippen molar-refractivity contribution in [1.29, 1.82) is 0 Å². The summed E-state index contributed by atoms with van der Waals surface area (Å²) >= 11 is 0. The monoisotopic (exact) mass is 305 g/mol. The first-order valence-electron chi connectivity index (χ1n) is 7.47. The summed E-state index contributed by atoms with van der Waals surface area (Å²) in [5.41, 5.74) is 8.23. The van der Waals surface area contributed by atoms with Gasteiger partial charge in [-0.25, -0.2) is 0 Å². The molecule has 23 heavy (non-hydrogen) atoms. The number of aryl methyl sites for hydroxylation is 2. The lowest BCUT2D eigenvalue weighted by Gasteiger charge is -2.08. The van der Waals surface area contributed by atoms with Crippen LogP contribution in [0.4, 0.5) is 5.69 Å². The highest BCUT2D eigenvalue weighted by atomic mass is 16.5. The van der Waals surface area contributed by atoms with Gasteiger partial charge in [0, 0.05) is 11.1 Å². The number of hydrogen-bond acceptors (Lipinski definition) is 4. The zero-order chi connectivity index (χ0) is 16.2. The molecule has 0 atom stereocenters. The van der Waals surface area contributed by atoms with Gasteiger partial charge in [0.2, 0.25) is 0 Å². The fourth-order valence-electron chi connectivity index (χ4n) is 2.48. The van der Waals surface area contributed by atoms with Crippen LogP contribution in [-0.4, -0.2) is 18.3 Å². The summed E-state index contributed by atoms with van der Waals surface area (Å²) in [6, 6.07) is 15.9. The molecule has 4 nitrogen and oxygen atoms in total. The molecule has 116 valence electrons. The van der Waals surface area contributed by atoms with Gasteiger partial charge in [0.15, 0.2) is 0 Å². The van der Waals surface area contributed by atoms with Crippen LogP contribution in [-0.2, 0) is 0 Å². The number of ether oxygens (including phenoxy) is 1. The topological polar surface area (TPSA) is 46.5 Å². The Morgan fingerprint density at radius 1 is 1.09 bits per heavy atom. The lowest BCUT2D eigenvalue weighted by atomic mass is 10.1. The summed E-state index contributed by atoms with van der Waals surface area (Å²) in [7, 11) is 1.66.